The molecule has 114 valence electrons. The van der Waals surface area contributed by atoms with Crippen LogP contribution in [0, 0.1) is 0 Å². The number of fused-ring (bicyclic) bond motifs is 1. The molecule has 0 aliphatic carbocycles. The fourth-order valence-corrected chi connectivity index (χ4v) is 3.35. The zero-order valence-corrected chi connectivity index (χ0v) is 13.3. The second-order valence-electron chi connectivity index (χ2n) is 5.41. The first-order chi connectivity index (χ1) is 10.1. The van der Waals surface area contributed by atoms with Crippen molar-refractivity contribution >= 4 is 21.9 Å². The summed E-state index contributed by atoms with van der Waals surface area (Å²) in [7, 11) is 0. The number of piperidine rings is 1. The van der Waals surface area contributed by atoms with Crippen LogP contribution in [-0.2, 0) is 11.3 Å². The Bertz CT molecular complexity index is 549. The third-order valence-corrected chi connectivity index (χ3v) is 4.72. The Kier molecular flexibility index (Phi) is 4.35. The number of benzene rings is 1. The molecule has 0 bridgehead atoms. The van der Waals surface area contributed by atoms with E-state index in [-0.39, 0.29) is 6.04 Å². The van der Waals surface area contributed by atoms with Gasteiger partial charge in [0.15, 0.2) is 11.5 Å². The van der Waals surface area contributed by atoms with Crippen molar-refractivity contribution in [3.05, 3.63) is 22.2 Å². The number of carbonyl (C=O) groups is 1. The smallest absolute Gasteiger partial charge is 0.320 e. The van der Waals surface area contributed by atoms with Gasteiger partial charge in [-0.25, -0.2) is 0 Å². The van der Waals surface area contributed by atoms with Gasteiger partial charge in [-0.3, -0.25) is 9.69 Å². The molecule has 1 aromatic carbocycles. The summed E-state index contributed by atoms with van der Waals surface area (Å²) in [6.45, 7) is 2.54. The van der Waals surface area contributed by atoms with Gasteiger partial charge in [0.05, 0.1) is 0 Å². The average Bonchev–Trinajstić information content (AvgIpc) is 2.48. The highest BCUT2D eigenvalue weighted by Gasteiger charge is 2.29. The fraction of sp³-hybridized carbons (Fsp3) is 0.533. The van der Waals surface area contributed by atoms with Crippen molar-refractivity contribution < 1.29 is 19.4 Å². The lowest BCUT2D eigenvalue weighted by Crippen LogP contribution is -2.44. The normalized spacial score (nSPS) is 22.0. The molecule has 1 N–H and O–H groups in total. The van der Waals surface area contributed by atoms with E-state index in [0.29, 0.717) is 19.8 Å². The summed E-state index contributed by atoms with van der Waals surface area (Å²) >= 11 is 3.55. The van der Waals surface area contributed by atoms with Gasteiger partial charge in [0.2, 0.25) is 0 Å². The lowest BCUT2D eigenvalue weighted by Gasteiger charge is -2.33. The Morgan fingerprint density at radius 1 is 1.29 bits per heavy atom. The first-order valence-electron chi connectivity index (χ1n) is 7.20. The summed E-state index contributed by atoms with van der Waals surface area (Å²) in [6, 6.07) is 3.47. The minimum absolute atomic E-state index is 0.390. The van der Waals surface area contributed by atoms with Gasteiger partial charge in [-0.1, -0.05) is 22.4 Å². The minimum atomic E-state index is -0.733. The van der Waals surface area contributed by atoms with E-state index in [4.69, 9.17) is 9.47 Å². The molecule has 1 aromatic rings. The Morgan fingerprint density at radius 2 is 2.00 bits per heavy atom. The molecular weight excluding hydrogens is 338 g/mol. The van der Waals surface area contributed by atoms with Crippen LogP contribution >= 0.6 is 15.9 Å². The molecule has 0 aromatic heterocycles. The number of likely N-dealkylation sites (tertiary alicyclic amines) is 1. The van der Waals surface area contributed by atoms with Crippen LogP contribution in [0.25, 0.3) is 0 Å². The number of carboxylic acid groups (broad SMARTS) is 1. The van der Waals surface area contributed by atoms with Crippen LogP contribution in [0.2, 0.25) is 0 Å². The molecule has 3 rings (SSSR count). The quantitative estimate of drug-likeness (QED) is 0.903. The van der Waals surface area contributed by atoms with Crippen LogP contribution in [0.15, 0.2) is 16.6 Å². The van der Waals surface area contributed by atoms with Crippen molar-refractivity contribution in [2.45, 2.75) is 31.8 Å². The number of aliphatic carboxylic acids is 1. The third-order valence-electron chi connectivity index (χ3n) is 3.98. The van der Waals surface area contributed by atoms with Crippen molar-refractivity contribution in [3.8, 4) is 11.5 Å². The van der Waals surface area contributed by atoms with E-state index in [1.807, 2.05) is 17.0 Å². The second-order valence-corrected chi connectivity index (χ2v) is 6.26. The zero-order valence-electron chi connectivity index (χ0n) is 11.7. The van der Waals surface area contributed by atoms with E-state index in [2.05, 4.69) is 15.9 Å². The predicted molar refractivity (Wildman–Crippen MR) is 80.8 cm³/mol. The molecule has 2 heterocycles. The van der Waals surface area contributed by atoms with Gasteiger partial charge in [0.1, 0.15) is 19.3 Å². The van der Waals surface area contributed by atoms with Crippen LogP contribution in [0.4, 0.5) is 0 Å². The molecule has 1 atom stereocenters. The van der Waals surface area contributed by atoms with Crippen LogP contribution < -0.4 is 9.47 Å². The summed E-state index contributed by atoms with van der Waals surface area (Å²) in [5.74, 6) is 0.747. The van der Waals surface area contributed by atoms with Gasteiger partial charge >= 0.3 is 5.97 Å². The molecule has 1 saturated heterocycles. The molecule has 1 unspecified atom stereocenters. The van der Waals surface area contributed by atoms with Gasteiger partial charge in [0.25, 0.3) is 0 Å². The van der Waals surface area contributed by atoms with Crippen LogP contribution in [-0.4, -0.2) is 41.8 Å². The van der Waals surface area contributed by atoms with Gasteiger partial charge in [-0.2, -0.15) is 0 Å². The monoisotopic (exact) mass is 355 g/mol. The molecule has 0 radical (unpaired) electrons. The molecule has 0 spiro atoms. The highest BCUT2D eigenvalue weighted by Crippen LogP contribution is 2.36. The molecule has 2 aliphatic rings. The van der Waals surface area contributed by atoms with Gasteiger partial charge in [-0.15, -0.1) is 0 Å². The summed E-state index contributed by atoms with van der Waals surface area (Å²) in [5.41, 5.74) is 1.03. The number of hydrogen-bond donors (Lipinski definition) is 1. The maximum atomic E-state index is 11.4. The van der Waals surface area contributed by atoms with E-state index < -0.39 is 5.97 Å². The van der Waals surface area contributed by atoms with E-state index >= 15 is 0 Å². The molecule has 6 heteroatoms. The summed E-state index contributed by atoms with van der Waals surface area (Å²) < 4.78 is 12.1. The minimum Gasteiger partial charge on any atom is -0.486 e. The first-order valence-corrected chi connectivity index (χ1v) is 7.99. The molecule has 0 amide bonds. The highest BCUT2D eigenvalue weighted by atomic mass is 79.9. The Hall–Kier alpha value is -1.27. The zero-order chi connectivity index (χ0) is 14.8. The lowest BCUT2D eigenvalue weighted by atomic mass is 10.0. The number of ether oxygens (including phenoxy) is 2. The van der Waals surface area contributed by atoms with Crippen molar-refractivity contribution in [1.82, 2.24) is 4.90 Å². The van der Waals surface area contributed by atoms with Crippen molar-refractivity contribution in [2.24, 2.45) is 0 Å². The predicted octanol–water partition coefficient (Wildman–Crippen LogP) is 2.66. The number of carboxylic acids is 1. The highest BCUT2D eigenvalue weighted by molar-refractivity contribution is 9.10. The van der Waals surface area contributed by atoms with Crippen molar-refractivity contribution in [2.75, 3.05) is 19.8 Å². The van der Waals surface area contributed by atoms with Crippen LogP contribution in [0.5, 0.6) is 11.5 Å². The second kappa shape index (κ2) is 6.23. The summed E-state index contributed by atoms with van der Waals surface area (Å²) in [4.78, 5) is 13.4. The summed E-state index contributed by atoms with van der Waals surface area (Å²) in [5, 5.41) is 9.35. The molecule has 0 saturated carbocycles. The maximum absolute atomic E-state index is 11.4. The van der Waals surface area contributed by atoms with Crippen LogP contribution in [0.3, 0.4) is 0 Å². The summed E-state index contributed by atoms with van der Waals surface area (Å²) in [6.07, 6.45) is 2.75. The lowest BCUT2D eigenvalue weighted by molar-refractivity contribution is -0.144. The third kappa shape index (κ3) is 3.16. The van der Waals surface area contributed by atoms with Gasteiger partial charge in [-0.05, 0) is 37.1 Å². The topological polar surface area (TPSA) is 59.0 Å². The fourth-order valence-electron chi connectivity index (χ4n) is 2.91. The molecule has 1 fully saturated rings. The van der Waals surface area contributed by atoms with Crippen molar-refractivity contribution in [3.63, 3.8) is 0 Å². The SMILES string of the molecule is O=C(O)C1CCCCN1Cc1cc2c(cc1Br)OCCO2. The van der Waals surface area contributed by atoms with Crippen LogP contribution in [0.1, 0.15) is 24.8 Å². The van der Waals surface area contributed by atoms with E-state index in [9.17, 15) is 9.90 Å². The Balaban J connectivity index is 1.81. The van der Waals surface area contributed by atoms with E-state index in [1.165, 1.54) is 0 Å². The Labute approximate surface area is 132 Å². The number of halogens is 1. The standard InChI is InChI=1S/C15H18BrNO4/c16-11-8-14-13(20-5-6-21-14)7-10(11)9-17-4-2-1-3-12(17)15(18)19/h7-8,12H,1-6,9H2,(H,18,19). The maximum Gasteiger partial charge on any atom is 0.320 e. The van der Waals surface area contributed by atoms with E-state index in [1.54, 1.807) is 0 Å². The first kappa shape index (κ1) is 14.7. The largest absolute Gasteiger partial charge is 0.486 e. The number of nitrogens with zero attached hydrogens (tertiary/aromatic N) is 1. The number of rotatable bonds is 3. The Morgan fingerprint density at radius 3 is 2.71 bits per heavy atom. The molecule has 2 aliphatic heterocycles. The number of hydrogen-bond acceptors (Lipinski definition) is 4. The molecular formula is C15H18BrNO4. The van der Waals surface area contributed by atoms with Gasteiger partial charge < -0.3 is 14.6 Å². The van der Waals surface area contributed by atoms with Gasteiger partial charge in [0, 0.05) is 11.0 Å². The molecule has 21 heavy (non-hydrogen) atoms. The average molecular weight is 356 g/mol. The molecule has 5 nitrogen and oxygen atoms in total. The van der Waals surface area contributed by atoms with Crippen molar-refractivity contribution in [1.29, 1.82) is 0 Å². The van der Waals surface area contributed by atoms with E-state index in [0.717, 1.165) is 47.3 Å².